The summed E-state index contributed by atoms with van der Waals surface area (Å²) in [6.07, 6.45) is 4.04. The fourth-order valence-corrected chi connectivity index (χ4v) is 2.10. The number of aliphatic hydroxyl groups excluding tert-OH is 1. The van der Waals surface area contributed by atoms with Crippen LogP contribution in [-0.4, -0.2) is 24.4 Å². The maximum atomic E-state index is 8.67. The summed E-state index contributed by atoms with van der Waals surface area (Å²) >= 11 is 0. The zero-order valence-corrected chi connectivity index (χ0v) is 6.12. The van der Waals surface area contributed by atoms with Gasteiger partial charge in [0.05, 0.1) is 6.10 Å². The molecule has 0 amide bonds. The van der Waals surface area contributed by atoms with Crippen molar-refractivity contribution < 1.29 is 9.84 Å². The Balaban J connectivity index is 1.82. The van der Waals surface area contributed by atoms with Gasteiger partial charge in [-0.3, -0.25) is 0 Å². The molecule has 0 radical (unpaired) electrons. The zero-order chi connectivity index (χ0) is 6.97. The average Bonchev–Trinajstić information content (AvgIpc) is 2.66. The Hall–Kier alpha value is -0.0800. The second kappa shape index (κ2) is 2.51. The molecule has 58 valence electrons. The molecular weight excluding hydrogens is 128 g/mol. The van der Waals surface area contributed by atoms with E-state index in [-0.39, 0.29) is 0 Å². The molecule has 2 rings (SSSR count). The number of ether oxygens (including phenoxy) is 1. The third kappa shape index (κ3) is 0.956. The molecule has 2 aliphatic rings. The van der Waals surface area contributed by atoms with Crippen LogP contribution in [-0.2, 0) is 4.74 Å². The summed E-state index contributed by atoms with van der Waals surface area (Å²) in [5, 5.41) is 8.67. The van der Waals surface area contributed by atoms with Gasteiger partial charge in [0, 0.05) is 13.2 Å². The highest BCUT2D eigenvalue weighted by Crippen LogP contribution is 2.49. The second-order valence-corrected chi connectivity index (χ2v) is 3.32. The van der Waals surface area contributed by atoms with Crippen molar-refractivity contribution in [2.75, 3.05) is 13.2 Å². The van der Waals surface area contributed by atoms with E-state index in [9.17, 15) is 0 Å². The molecule has 0 aromatic rings. The molecule has 1 N–H and O–H groups in total. The van der Waals surface area contributed by atoms with E-state index in [0.717, 1.165) is 18.9 Å². The molecule has 0 aromatic carbocycles. The van der Waals surface area contributed by atoms with Crippen molar-refractivity contribution in [1.29, 1.82) is 0 Å². The molecule has 1 saturated heterocycles. The van der Waals surface area contributed by atoms with Gasteiger partial charge in [0.1, 0.15) is 0 Å². The van der Waals surface area contributed by atoms with Gasteiger partial charge in [0.15, 0.2) is 0 Å². The maximum Gasteiger partial charge on any atom is 0.0639 e. The first-order chi connectivity index (χ1) is 4.93. The molecule has 3 unspecified atom stereocenters. The van der Waals surface area contributed by atoms with E-state index in [0.29, 0.717) is 18.6 Å². The number of rotatable bonds is 2. The normalized spacial score (nSPS) is 44.7. The topological polar surface area (TPSA) is 29.5 Å². The van der Waals surface area contributed by atoms with Crippen LogP contribution in [0.2, 0.25) is 0 Å². The Morgan fingerprint density at radius 3 is 3.00 bits per heavy atom. The lowest BCUT2D eigenvalue weighted by molar-refractivity contribution is 0.0739. The first-order valence-electron chi connectivity index (χ1n) is 4.16. The van der Waals surface area contributed by atoms with Crippen molar-refractivity contribution >= 4 is 0 Å². The molecule has 0 spiro atoms. The minimum absolute atomic E-state index is 0.334. The Labute approximate surface area is 61.2 Å². The van der Waals surface area contributed by atoms with Crippen molar-refractivity contribution in [2.45, 2.75) is 25.4 Å². The minimum Gasteiger partial charge on any atom is -0.396 e. The minimum atomic E-state index is 0.334. The van der Waals surface area contributed by atoms with Gasteiger partial charge in [-0.15, -0.1) is 0 Å². The molecule has 10 heavy (non-hydrogen) atoms. The predicted molar refractivity (Wildman–Crippen MR) is 37.7 cm³/mol. The van der Waals surface area contributed by atoms with Crippen LogP contribution in [0.25, 0.3) is 0 Å². The van der Waals surface area contributed by atoms with Crippen LogP contribution in [0.4, 0.5) is 0 Å². The van der Waals surface area contributed by atoms with E-state index in [2.05, 4.69) is 0 Å². The van der Waals surface area contributed by atoms with Crippen LogP contribution in [0.15, 0.2) is 0 Å². The molecular formula is C8H14O2. The van der Waals surface area contributed by atoms with Crippen molar-refractivity contribution in [2.24, 2.45) is 11.8 Å². The van der Waals surface area contributed by atoms with Crippen LogP contribution < -0.4 is 0 Å². The molecule has 0 aromatic heterocycles. The standard InChI is InChI=1S/C8H14O2/c9-4-3-7-6-2-1-5-10-8(6)7/h6-9H,1-5H2. The van der Waals surface area contributed by atoms with E-state index in [1.807, 2.05) is 0 Å². The zero-order valence-electron chi connectivity index (χ0n) is 6.12. The number of hydrogen-bond acceptors (Lipinski definition) is 2. The number of hydrogen-bond donors (Lipinski definition) is 1. The largest absolute Gasteiger partial charge is 0.396 e. The van der Waals surface area contributed by atoms with E-state index in [1.54, 1.807) is 0 Å². The van der Waals surface area contributed by atoms with E-state index in [4.69, 9.17) is 9.84 Å². The summed E-state index contributed by atoms with van der Waals surface area (Å²) in [4.78, 5) is 0. The van der Waals surface area contributed by atoms with E-state index in [1.165, 1.54) is 12.8 Å². The van der Waals surface area contributed by atoms with Crippen molar-refractivity contribution in [3.63, 3.8) is 0 Å². The third-order valence-electron chi connectivity index (χ3n) is 2.71. The fourth-order valence-electron chi connectivity index (χ4n) is 2.10. The predicted octanol–water partition coefficient (Wildman–Crippen LogP) is 0.794. The van der Waals surface area contributed by atoms with E-state index >= 15 is 0 Å². The summed E-state index contributed by atoms with van der Waals surface area (Å²) in [6, 6.07) is 0. The van der Waals surface area contributed by atoms with Crippen LogP contribution >= 0.6 is 0 Å². The summed E-state index contributed by atoms with van der Waals surface area (Å²) in [5.74, 6) is 1.51. The Morgan fingerprint density at radius 1 is 1.50 bits per heavy atom. The van der Waals surface area contributed by atoms with Gasteiger partial charge >= 0.3 is 0 Å². The molecule has 2 fully saturated rings. The Kier molecular flexibility index (Phi) is 1.66. The van der Waals surface area contributed by atoms with Gasteiger partial charge in [0.2, 0.25) is 0 Å². The first-order valence-corrected chi connectivity index (χ1v) is 4.16. The monoisotopic (exact) mass is 142 g/mol. The van der Waals surface area contributed by atoms with Crippen molar-refractivity contribution in [3.8, 4) is 0 Å². The van der Waals surface area contributed by atoms with Crippen molar-refractivity contribution in [1.82, 2.24) is 0 Å². The first kappa shape index (κ1) is 6.62. The summed E-state index contributed by atoms with van der Waals surface area (Å²) in [7, 11) is 0. The van der Waals surface area contributed by atoms with Crippen LogP contribution in [0, 0.1) is 11.8 Å². The maximum absolute atomic E-state index is 8.67. The Bertz CT molecular complexity index is 112. The lowest BCUT2D eigenvalue weighted by atomic mass is 10.1. The smallest absolute Gasteiger partial charge is 0.0639 e. The van der Waals surface area contributed by atoms with Gasteiger partial charge in [-0.2, -0.15) is 0 Å². The highest BCUT2D eigenvalue weighted by atomic mass is 16.5. The Morgan fingerprint density at radius 2 is 2.40 bits per heavy atom. The van der Waals surface area contributed by atoms with Gasteiger partial charge in [-0.25, -0.2) is 0 Å². The SMILES string of the molecule is OCCC1C2CCCOC12. The van der Waals surface area contributed by atoms with E-state index < -0.39 is 0 Å². The highest BCUT2D eigenvalue weighted by molar-refractivity contribution is 4.99. The molecule has 2 nitrogen and oxygen atoms in total. The van der Waals surface area contributed by atoms with Gasteiger partial charge in [0.25, 0.3) is 0 Å². The van der Waals surface area contributed by atoms with Gasteiger partial charge in [-0.05, 0) is 31.1 Å². The molecule has 0 bridgehead atoms. The second-order valence-electron chi connectivity index (χ2n) is 3.32. The highest BCUT2D eigenvalue weighted by Gasteiger charge is 2.51. The summed E-state index contributed by atoms with van der Waals surface area (Å²) < 4.78 is 5.51. The van der Waals surface area contributed by atoms with Crippen LogP contribution in [0.5, 0.6) is 0 Å². The lowest BCUT2D eigenvalue weighted by Gasteiger charge is -2.07. The van der Waals surface area contributed by atoms with Crippen LogP contribution in [0.1, 0.15) is 19.3 Å². The quantitative estimate of drug-likeness (QED) is 0.617. The molecule has 2 heteroatoms. The summed E-state index contributed by atoms with van der Waals surface area (Å²) in [5.41, 5.74) is 0. The molecule has 1 heterocycles. The molecule has 1 saturated carbocycles. The number of aliphatic hydroxyl groups is 1. The average molecular weight is 142 g/mol. The molecule has 3 atom stereocenters. The lowest BCUT2D eigenvalue weighted by Crippen LogP contribution is -2.05. The molecule has 1 aliphatic heterocycles. The molecule has 1 aliphatic carbocycles. The van der Waals surface area contributed by atoms with Gasteiger partial charge < -0.3 is 9.84 Å². The third-order valence-corrected chi connectivity index (χ3v) is 2.71. The van der Waals surface area contributed by atoms with Gasteiger partial charge in [-0.1, -0.05) is 0 Å². The summed E-state index contributed by atoms with van der Waals surface area (Å²) in [6.45, 7) is 1.28. The van der Waals surface area contributed by atoms with Crippen LogP contribution in [0.3, 0.4) is 0 Å². The van der Waals surface area contributed by atoms with Crippen molar-refractivity contribution in [3.05, 3.63) is 0 Å². The fraction of sp³-hybridized carbons (Fsp3) is 1.00. The number of fused-ring (bicyclic) bond motifs is 1.